The normalized spacial score (nSPS) is 21.7. The average Bonchev–Trinajstić information content (AvgIpc) is 2.29. The van der Waals surface area contributed by atoms with Gasteiger partial charge in [-0.3, -0.25) is 0 Å². The summed E-state index contributed by atoms with van der Waals surface area (Å²) in [6, 6.07) is 2.00. The number of halogens is 1. The van der Waals surface area contributed by atoms with Gasteiger partial charge < -0.3 is 4.90 Å². The van der Waals surface area contributed by atoms with E-state index in [9.17, 15) is 0 Å². The topological polar surface area (TPSA) is 29.0 Å². The highest BCUT2D eigenvalue weighted by Gasteiger charge is 2.19. The number of rotatable bonds is 2. The lowest BCUT2D eigenvalue weighted by molar-refractivity contribution is 0.452. The van der Waals surface area contributed by atoms with Gasteiger partial charge in [-0.2, -0.15) is 0 Å². The Morgan fingerprint density at radius 1 is 1.60 bits per heavy atom. The zero-order valence-electron chi connectivity index (χ0n) is 8.99. The van der Waals surface area contributed by atoms with Crippen LogP contribution in [0.3, 0.4) is 0 Å². The minimum Gasteiger partial charge on any atom is -0.356 e. The lowest BCUT2D eigenvalue weighted by Crippen LogP contribution is -2.36. The van der Waals surface area contributed by atoms with E-state index < -0.39 is 0 Å². The minimum absolute atomic E-state index is 0.758. The Balaban J connectivity index is 2.09. The highest BCUT2D eigenvalue weighted by molar-refractivity contribution is 9.09. The largest absolute Gasteiger partial charge is 0.356 e. The quantitative estimate of drug-likeness (QED) is 0.773. The molecule has 1 saturated heterocycles. The third kappa shape index (κ3) is 2.68. The fourth-order valence-electron chi connectivity index (χ4n) is 2.02. The molecule has 0 aliphatic carbocycles. The number of hydrogen-bond donors (Lipinski definition) is 0. The van der Waals surface area contributed by atoms with E-state index in [1.165, 1.54) is 12.8 Å². The Morgan fingerprint density at radius 2 is 2.47 bits per heavy atom. The number of nitrogens with zero attached hydrogens (tertiary/aromatic N) is 3. The van der Waals surface area contributed by atoms with Crippen LogP contribution < -0.4 is 4.90 Å². The van der Waals surface area contributed by atoms with Crippen LogP contribution in [0.5, 0.6) is 0 Å². The summed E-state index contributed by atoms with van der Waals surface area (Å²) in [4.78, 5) is 11.0. The molecule has 2 heterocycles. The molecule has 1 aliphatic rings. The molecule has 0 radical (unpaired) electrons. The van der Waals surface area contributed by atoms with Gasteiger partial charge in [-0.15, -0.1) is 0 Å². The van der Waals surface area contributed by atoms with Gasteiger partial charge in [0.25, 0.3) is 0 Å². The van der Waals surface area contributed by atoms with Crippen molar-refractivity contribution in [1.82, 2.24) is 9.97 Å². The van der Waals surface area contributed by atoms with Crippen molar-refractivity contribution in [3.63, 3.8) is 0 Å². The molecule has 1 aromatic rings. The number of alkyl halides is 1. The summed E-state index contributed by atoms with van der Waals surface area (Å²) in [5, 5.41) is 1.09. The highest BCUT2D eigenvalue weighted by Crippen LogP contribution is 2.22. The number of hydrogen-bond acceptors (Lipinski definition) is 3. The third-order valence-corrected chi connectivity index (χ3v) is 3.74. The first-order chi connectivity index (χ1) is 7.29. The molecular weight excluding hydrogens is 254 g/mol. The summed E-state index contributed by atoms with van der Waals surface area (Å²) in [7, 11) is 0. The van der Waals surface area contributed by atoms with Crippen molar-refractivity contribution in [2.24, 2.45) is 5.92 Å². The number of aromatic nitrogens is 2. The zero-order chi connectivity index (χ0) is 10.7. The predicted molar refractivity (Wildman–Crippen MR) is 65.5 cm³/mol. The Kier molecular flexibility index (Phi) is 3.57. The Hall–Kier alpha value is -0.640. The summed E-state index contributed by atoms with van der Waals surface area (Å²) < 4.78 is 0. The fourth-order valence-corrected chi connectivity index (χ4v) is 2.55. The van der Waals surface area contributed by atoms with Crippen LogP contribution in [0.15, 0.2) is 12.3 Å². The van der Waals surface area contributed by atoms with Gasteiger partial charge in [-0.05, 0) is 31.7 Å². The molecule has 0 amide bonds. The third-order valence-electron chi connectivity index (χ3n) is 2.82. The van der Waals surface area contributed by atoms with Crippen LogP contribution in [0.25, 0.3) is 0 Å². The first kappa shape index (κ1) is 10.9. The van der Waals surface area contributed by atoms with Crippen LogP contribution >= 0.6 is 15.9 Å². The molecule has 1 aliphatic heterocycles. The van der Waals surface area contributed by atoms with E-state index in [4.69, 9.17) is 0 Å². The van der Waals surface area contributed by atoms with Crippen molar-refractivity contribution in [2.45, 2.75) is 19.8 Å². The lowest BCUT2D eigenvalue weighted by Gasteiger charge is -2.32. The molecular formula is C11H16BrN3. The first-order valence-electron chi connectivity index (χ1n) is 5.40. The summed E-state index contributed by atoms with van der Waals surface area (Å²) >= 11 is 3.57. The molecule has 0 saturated carbocycles. The smallest absolute Gasteiger partial charge is 0.132 e. The maximum Gasteiger partial charge on any atom is 0.132 e. The highest BCUT2D eigenvalue weighted by atomic mass is 79.9. The van der Waals surface area contributed by atoms with Gasteiger partial charge in [-0.1, -0.05) is 15.9 Å². The van der Waals surface area contributed by atoms with Crippen molar-refractivity contribution in [2.75, 3.05) is 23.3 Å². The lowest BCUT2D eigenvalue weighted by atomic mass is 10.0. The van der Waals surface area contributed by atoms with Gasteiger partial charge in [0.2, 0.25) is 0 Å². The molecule has 1 unspecified atom stereocenters. The van der Waals surface area contributed by atoms with Crippen molar-refractivity contribution >= 4 is 21.7 Å². The van der Waals surface area contributed by atoms with Crippen LogP contribution in [0.1, 0.15) is 18.7 Å². The number of aryl methyl sites for hydroxylation is 1. The molecule has 0 bridgehead atoms. The molecule has 0 spiro atoms. The molecule has 15 heavy (non-hydrogen) atoms. The van der Waals surface area contributed by atoms with Crippen molar-refractivity contribution < 1.29 is 0 Å². The second-order valence-electron chi connectivity index (χ2n) is 4.07. The van der Waals surface area contributed by atoms with Gasteiger partial charge in [0.15, 0.2) is 0 Å². The number of anilines is 1. The van der Waals surface area contributed by atoms with Crippen LogP contribution in [0.4, 0.5) is 5.82 Å². The monoisotopic (exact) mass is 269 g/mol. The summed E-state index contributed by atoms with van der Waals surface area (Å²) in [6.07, 6.45) is 4.43. The van der Waals surface area contributed by atoms with E-state index in [1.54, 1.807) is 0 Å². The second kappa shape index (κ2) is 4.92. The molecule has 82 valence electrons. The van der Waals surface area contributed by atoms with Crippen molar-refractivity contribution in [3.8, 4) is 0 Å². The second-order valence-corrected chi connectivity index (χ2v) is 4.72. The molecule has 0 N–H and O–H groups in total. The summed E-state index contributed by atoms with van der Waals surface area (Å²) in [5.41, 5.74) is 0. The molecule has 1 aromatic heterocycles. The minimum atomic E-state index is 0.758. The standard InChI is InChI=1S/C11H16BrN3/c1-9-13-5-4-11(14-9)15-6-2-3-10(7-12)8-15/h4-5,10H,2-3,6-8H2,1H3. The van der Waals surface area contributed by atoms with E-state index in [0.29, 0.717) is 0 Å². The van der Waals surface area contributed by atoms with Gasteiger partial charge in [0.05, 0.1) is 0 Å². The SMILES string of the molecule is Cc1nccc(N2CCCC(CBr)C2)n1. The average molecular weight is 270 g/mol. The van der Waals surface area contributed by atoms with Crippen LogP contribution in [0, 0.1) is 12.8 Å². The Bertz CT molecular complexity index is 329. The van der Waals surface area contributed by atoms with Crippen molar-refractivity contribution in [1.29, 1.82) is 0 Å². The maximum atomic E-state index is 4.47. The van der Waals surface area contributed by atoms with Crippen LogP contribution in [0.2, 0.25) is 0 Å². The van der Waals surface area contributed by atoms with Crippen molar-refractivity contribution in [3.05, 3.63) is 18.1 Å². The Labute approximate surface area is 99.0 Å². The van der Waals surface area contributed by atoms with E-state index >= 15 is 0 Å². The Morgan fingerprint density at radius 3 is 3.20 bits per heavy atom. The fraction of sp³-hybridized carbons (Fsp3) is 0.636. The molecule has 4 heteroatoms. The first-order valence-corrected chi connectivity index (χ1v) is 6.52. The molecule has 2 rings (SSSR count). The van der Waals surface area contributed by atoms with E-state index in [2.05, 4.69) is 30.8 Å². The molecule has 1 atom stereocenters. The van der Waals surface area contributed by atoms with Gasteiger partial charge in [-0.25, -0.2) is 9.97 Å². The predicted octanol–water partition coefficient (Wildman–Crippen LogP) is 2.40. The van der Waals surface area contributed by atoms with Gasteiger partial charge in [0, 0.05) is 24.6 Å². The van der Waals surface area contributed by atoms with E-state index in [-0.39, 0.29) is 0 Å². The van der Waals surface area contributed by atoms with Crippen LogP contribution in [-0.2, 0) is 0 Å². The van der Waals surface area contributed by atoms with E-state index in [1.807, 2.05) is 19.2 Å². The maximum absolute atomic E-state index is 4.47. The number of piperidine rings is 1. The molecule has 0 aromatic carbocycles. The molecule has 1 fully saturated rings. The van der Waals surface area contributed by atoms with Crippen LogP contribution in [-0.4, -0.2) is 28.4 Å². The zero-order valence-corrected chi connectivity index (χ0v) is 10.6. The van der Waals surface area contributed by atoms with Gasteiger partial charge >= 0.3 is 0 Å². The molecule has 3 nitrogen and oxygen atoms in total. The van der Waals surface area contributed by atoms with Gasteiger partial charge in [0.1, 0.15) is 11.6 Å². The van der Waals surface area contributed by atoms with E-state index in [0.717, 1.165) is 36.0 Å². The summed E-state index contributed by atoms with van der Waals surface area (Å²) in [5.74, 6) is 2.69. The summed E-state index contributed by atoms with van der Waals surface area (Å²) in [6.45, 7) is 4.18.